The number of hydrogen-bond acceptors (Lipinski definition) is 7. The molecule has 4 heterocycles. The molecule has 2 aromatic heterocycles. The number of piperidine rings is 1. The molecule has 3 aromatic rings. The van der Waals surface area contributed by atoms with E-state index in [1.165, 1.54) is 11.7 Å². The number of aromatic amines is 1. The maximum Gasteiger partial charge on any atom is 0.156 e. The van der Waals surface area contributed by atoms with Crippen molar-refractivity contribution in [2.24, 2.45) is 5.92 Å². The van der Waals surface area contributed by atoms with Crippen LogP contribution in [0.1, 0.15) is 29.9 Å². The quantitative estimate of drug-likeness (QED) is 0.647. The highest BCUT2D eigenvalue weighted by Crippen LogP contribution is 2.44. The summed E-state index contributed by atoms with van der Waals surface area (Å²) in [5.74, 6) is 0.973. The molecule has 1 atom stereocenters. The van der Waals surface area contributed by atoms with Gasteiger partial charge in [-0.05, 0) is 37.6 Å². The molecule has 0 aliphatic carbocycles. The second-order valence-electron chi connectivity index (χ2n) is 6.69. The Bertz CT molecular complexity index is 1040. The van der Waals surface area contributed by atoms with Gasteiger partial charge in [0.05, 0.1) is 29.3 Å². The Hall–Kier alpha value is -2.76. The molecule has 8 heteroatoms. The minimum absolute atomic E-state index is 0.174. The fourth-order valence-electron chi connectivity index (χ4n) is 4.07. The third kappa shape index (κ3) is 2.32. The third-order valence-electron chi connectivity index (χ3n) is 5.31. The van der Waals surface area contributed by atoms with Gasteiger partial charge in [-0.2, -0.15) is 19.1 Å². The summed E-state index contributed by atoms with van der Waals surface area (Å²) in [4.78, 5) is 0. The van der Waals surface area contributed by atoms with Gasteiger partial charge in [0.1, 0.15) is 11.0 Å². The lowest BCUT2D eigenvalue weighted by Crippen LogP contribution is -2.32. The van der Waals surface area contributed by atoms with E-state index in [9.17, 15) is 5.26 Å². The molecular weight excluding hydrogens is 346 g/mol. The van der Waals surface area contributed by atoms with Gasteiger partial charge in [-0.1, -0.05) is 12.1 Å². The van der Waals surface area contributed by atoms with Crippen molar-refractivity contribution in [3.8, 4) is 6.07 Å². The first-order chi connectivity index (χ1) is 12.9. The highest BCUT2D eigenvalue weighted by atomic mass is 32.1. The van der Waals surface area contributed by atoms with Gasteiger partial charge in [0, 0.05) is 23.4 Å². The van der Waals surface area contributed by atoms with Crippen LogP contribution in [0.2, 0.25) is 0 Å². The molecule has 0 radical (unpaired) electrons. The van der Waals surface area contributed by atoms with E-state index in [0.717, 1.165) is 65.2 Å². The van der Waals surface area contributed by atoms with Crippen LogP contribution in [0, 0.1) is 17.2 Å². The van der Waals surface area contributed by atoms with Gasteiger partial charge in [0.2, 0.25) is 0 Å². The van der Waals surface area contributed by atoms with Crippen molar-refractivity contribution in [1.29, 1.82) is 5.26 Å². The molecular formula is C18H17N7S. The summed E-state index contributed by atoms with van der Waals surface area (Å²) in [5, 5.41) is 24.3. The number of nitriles is 1. The Morgan fingerprint density at radius 3 is 2.88 bits per heavy atom. The number of aromatic nitrogens is 4. The van der Waals surface area contributed by atoms with Crippen LogP contribution in [-0.4, -0.2) is 32.0 Å². The van der Waals surface area contributed by atoms with Crippen LogP contribution >= 0.6 is 11.7 Å². The molecule has 2 aliphatic heterocycles. The van der Waals surface area contributed by atoms with Gasteiger partial charge in [-0.3, -0.25) is 5.10 Å². The second-order valence-corrected chi connectivity index (χ2v) is 7.22. The first kappa shape index (κ1) is 15.5. The molecule has 26 heavy (non-hydrogen) atoms. The summed E-state index contributed by atoms with van der Waals surface area (Å²) in [6.45, 7) is 1.94. The number of nitrogens with one attached hydrogen (secondary N) is 3. The predicted molar refractivity (Wildman–Crippen MR) is 99.7 cm³/mol. The molecule has 1 aromatic carbocycles. The number of hydrogen-bond donors (Lipinski definition) is 3. The molecule has 1 saturated heterocycles. The minimum atomic E-state index is -0.174. The van der Waals surface area contributed by atoms with Crippen LogP contribution in [0.15, 0.2) is 35.7 Å². The monoisotopic (exact) mass is 363 g/mol. The van der Waals surface area contributed by atoms with Gasteiger partial charge in [0.25, 0.3) is 0 Å². The number of fused-ring (bicyclic) bond motifs is 2. The number of benzene rings is 1. The fourth-order valence-corrected chi connectivity index (χ4v) is 4.62. The zero-order valence-corrected chi connectivity index (χ0v) is 14.8. The average Bonchev–Trinajstić information content (AvgIpc) is 3.36. The number of allylic oxidation sites excluding steroid dienone is 2. The highest BCUT2D eigenvalue weighted by Gasteiger charge is 2.35. The van der Waals surface area contributed by atoms with Crippen molar-refractivity contribution < 1.29 is 0 Å². The normalized spacial score (nSPS) is 20.7. The Morgan fingerprint density at radius 1 is 1.15 bits per heavy atom. The Labute approximate surface area is 154 Å². The van der Waals surface area contributed by atoms with Gasteiger partial charge >= 0.3 is 0 Å². The summed E-state index contributed by atoms with van der Waals surface area (Å²) in [6.07, 6.45) is 3.91. The predicted octanol–water partition coefficient (Wildman–Crippen LogP) is 2.75. The van der Waals surface area contributed by atoms with Gasteiger partial charge < -0.3 is 10.6 Å². The Balaban J connectivity index is 1.72. The molecule has 0 amide bonds. The molecule has 5 rings (SSSR count). The topological polar surface area (TPSA) is 102 Å². The van der Waals surface area contributed by atoms with Crippen molar-refractivity contribution in [3.05, 3.63) is 46.8 Å². The highest BCUT2D eigenvalue weighted by molar-refractivity contribution is 7.00. The van der Waals surface area contributed by atoms with E-state index in [1.54, 1.807) is 0 Å². The van der Waals surface area contributed by atoms with E-state index >= 15 is 0 Å². The van der Waals surface area contributed by atoms with E-state index < -0.39 is 0 Å². The largest absolute Gasteiger partial charge is 0.341 e. The summed E-state index contributed by atoms with van der Waals surface area (Å²) < 4.78 is 8.86. The fraction of sp³-hybridized carbons (Fsp3) is 0.333. The SMILES string of the molecule is N#CC1=C(C2CCNCC2)Nc2n[nH]cc2C1c1cccc2nsnc12. The summed E-state index contributed by atoms with van der Waals surface area (Å²) in [6, 6.07) is 8.49. The molecule has 0 spiro atoms. The first-order valence-electron chi connectivity index (χ1n) is 8.73. The van der Waals surface area contributed by atoms with E-state index in [1.807, 2.05) is 24.4 Å². The van der Waals surface area contributed by atoms with Crippen LogP contribution < -0.4 is 10.6 Å². The van der Waals surface area contributed by atoms with Crippen molar-refractivity contribution in [3.63, 3.8) is 0 Å². The van der Waals surface area contributed by atoms with Crippen LogP contribution in [-0.2, 0) is 0 Å². The van der Waals surface area contributed by atoms with Gasteiger partial charge in [-0.25, -0.2) is 0 Å². The molecule has 0 bridgehead atoms. The maximum absolute atomic E-state index is 10.1. The summed E-state index contributed by atoms with van der Waals surface area (Å²) in [7, 11) is 0. The van der Waals surface area contributed by atoms with Crippen molar-refractivity contribution in [1.82, 2.24) is 24.3 Å². The Kier molecular flexibility index (Phi) is 3.69. The second kappa shape index (κ2) is 6.20. The first-order valence-corrected chi connectivity index (χ1v) is 9.46. The molecule has 3 N–H and O–H groups in total. The van der Waals surface area contributed by atoms with Crippen molar-refractivity contribution in [2.45, 2.75) is 18.8 Å². The van der Waals surface area contributed by atoms with Crippen molar-refractivity contribution >= 4 is 28.6 Å². The maximum atomic E-state index is 10.1. The lowest BCUT2D eigenvalue weighted by Gasteiger charge is -2.32. The molecule has 1 unspecified atom stereocenters. The van der Waals surface area contributed by atoms with Gasteiger partial charge in [0.15, 0.2) is 5.82 Å². The molecule has 1 fully saturated rings. The molecule has 130 valence electrons. The zero-order valence-electron chi connectivity index (χ0n) is 14.0. The number of nitrogens with zero attached hydrogens (tertiary/aromatic N) is 4. The van der Waals surface area contributed by atoms with Gasteiger partial charge in [-0.15, -0.1) is 0 Å². The van der Waals surface area contributed by atoms with E-state index in [2.05, 4.69) is 35.6 Å². The molecule has 7 nitrogen and oxygen atoms in total. The summed E-state index contributed by atoms with van der Waals surface area (Å²) >= 11 is 1.21. The average molecular weight is 363 g/mol. The molecule has 2 aliphatic rings. The van der Waals surface area contributed by atoms with Crippen LogP contribution in [0.5, 0.6) is 0 Å². The number of H-pyrrole nitrogens is 1. The van der Waals surface area contributed by atoms with E-state index in [4.69, 9.17) is 0 Å². The molecule has 0 saturated carbocycles. The van der Waals surface area contributed by atoms with E-state index in [0.29, 0.717) is 5.92 Å². The lowest BCUT2D eigenvalue weighted by atomic mass is 9.79. The van der Waals surface area contributed by atoms with Crippen molar-refractivity contribution in [2.75, 3.05) is 18.4 Å². The summed E-state index contributed by atoms with van der Waals surface area (Å²) in [5.41, 5.74) is 5.53. The number of anilines is 1. The lowest BCUT2D eigenvalue weighted by molar-refractivity contribution is 0.418. The standard InChI is InChI=1S/C18H17N7S/c19-8-12-15(11-2-1-3-14-17(11)25-26-24-14)13-9-21-23-18(13)22-16(12)10-4-6-20-7-5-10/h1-3,9-10,15,20H,4-7H2,(H2,21,22,23). The number of rotatable bonds is 2. The van der Waals surface area contributed by atoms with Crippen LogP contribution in [0.25, 0.3) is 11.0 Å². The third-order valence-corrected chi connectivity index (χ3v) is 5.85. The zero-order chi connectivity index (χ0) is 17.5. The van der Waals surface area contributed by atoms with E-state index in [-0.39, 0.29) is 5.92 Å². The van der Waals surface area contributed by atoms with Crippen LogP contribution in [0.3, 0.4) is 0 Å². The smallest absolute Gasteiger partial charge is 0.156 e. The Morgan fingerprint density at radius 2 is 2.04 bits per heavy atom. The van der Waals surface area contributed by atoms with Crippen LogP contribution in [0.4, 0.5) is 5.82 Å². The minimum Gasteiger partial charge on any atom is -0.341 e.